The quantitative estimate of drug-likeness (QED) is 0.801. The topological polar surface area (TPSA) is 67.6 Å². The predicted octanol–water partition coefficient (Wildman–Crippen LogP) is 1.33. The summed E-state index contributed by atoms with van der Waals surface area (Å²) < 4.78 is 30.9. The van der Waals surface area contributed by atoms with Gasteiger partial charge in [0.2, 0.25) is 5.09 Å². The van der Waals surface area contributed by atoms with Crippen LogP contribution in [0.25, 0.3) is 0 Å². The zero-order chi connectivity index (χ0) is 12.8. The summed E-state index contributed by atoms with van der Waals surface area (Å²) >= 11 is 0. The summed E-state index contributed by atoms with van der Waals surface area (Å²) in [6.45, 7) is 5.14. The fraction of sp³-hybridized carbons (Fsp3) is 0.545. The van der Waals surface area contributed by atoms with Gasteiger partial charge in [-0.1, -0.05) is 0 Å². The molecule has 2 rings (SSSR count). The van der Waals surface area contributed by atoms with Gasteiger partial charge in [-0.2, -0.15) is 4.31 Å². The van der Waals surface area contributed by atoms with Gasteiger partial charge in [0, 0.05) is 13.0 Å². The zero-order valence-corrected chi connectivity index (χ0v) is 10.9. The number of aryl methyl sites for hydroxylation is 1. The van der Waals surface area contributed by atoms with Crippen molar-refractivity contribution in [3.63, 3.8) is 0 Å². The fourth-order valence-corrected chi connectivity index (χ4v) is 3.74. The highest BCUT2D eigenvalue weighted by Crippen LogP contribution is 2.32. The standard InChI is InChI=1S/C11H15NO4S/c1-8-4-5-10(16-8)17(14,15)12-7-6-9(13)11(12,2)3/h4-5H,6-7H2,1-3H3. The molecule has 1 aromatic rings. The average molecular weight is 257 g/mol. The molecule has 0 amide bonds. The molecule has 1 aliphatic heterocycles. The molecular weight excluding hydrogens is 242 g/mol. The molecule has 0 saturated carbocycles. The zero-order valence-electron chi connectivity index (χ0n) is 10.1. The van der Waals surface area contributed by atoms with Crippen molar-refractivity contribution in [2.24, 2.45) is 0 Å². The van der Waals surface area contributed by atoms with Gasteiger partial charge in [0.25, 0.3) is 10.0 Å². The summed E-state index contributed by atoms with van der Waals surface area (Å²) in [7, 11) is -3.71. The van der Waals surface area contributed by atoms with Crippen LogP contribution in [0.2, 0.25) is 0 Å². The summed E-state index contributed by atoms with van der Waals surface area (Å²) in [5.74, 6) is 0.469. The first-order chi connectivity index (χ1) is 7.76. The van der Waals surface area contributed by atoms with Crippen molar-refractivity contribution in [2.45, 2.75) is 37.8 Å². The number of carbonyl (C=O) groups is 1. The third-order valence-corrected chi connectivity index (χ3v) is 5.06. The van der Waals surface area contributed by atoms with Crippen LogP contribution in [-0.2, 0) is 14.8 Å². The minimum absolute atomic E-state index is 0.0654. The Morgan fingerprint density at radius 3 is 2.41 bits per heavy atom. The lowest BCUT2D eigenvalue weighted by Gasteiger charge is -2.27. The molecule has 0 aliphatic carbocycles. The lowest BCUT2D eigenvalue weighted by molar-refractivity contribution is -0.122. The van der Waals surface area contributed by atoms with Crippen LogP contribution in [-0.4, -0.2) is 30.6 Å². The maximum Gasteiger partial charge on any atom is 0.277 e. The van der Waals surface area contributed by atoms with E-state index in [1.165, 1.54) is 10.4 Å². The molecular formula is C11H15NO4S. The van der Waals surface area contributed by atoms with E-state index in [0.717, 1.165) is 0 Å². The summed E-state index contributed by atoms with van der Waals surface area (Å²) in [6.07, 6.45) is 0.256. The van der Waals surface area contributed by atoms with Gasteiger partial charge in [-0.3, -0.25) is 4.79 Å². The van der Waals surface area contributed by atoms with Crippen molar-refractivity contribution >= 4 is 15.8 Å². The number of carbonyl (C=O) groups excluding carboxylic acids is 1. The first-order valence-electron chi connectivity index (χ1n) is 5.39. The number of ketones is 1. The molecule has 0 aromatic carbocycles. The van der Waals surface area contributed by atoms with Gasteiger partial charge in [-0.25, -0.2) is 8.42 Å². The second-order valence-corrected chi connectivity index (χ2v) is 6.47. The highest BCUT2D eigenvalue weighted by molar-refractivity contribution is 7.89. The average Bonchev–Trinajstić information content (AvgIpc) is 2.73. The Hall–Kier alpha value is -1.14. The number of sulfonamides is 1. The minimum Gasteiger partial charge on any atom is -0.449 e. The van der Waals surface area contributed by atoms with E-state index in [4.69, 9.17) is 4.42 Å². The summed E-state index contributed by atoms with van der Waals surface area (Å²) in [5.41, 5.74) is -0.987. The van der Waals surface area contributed by atoms with E-state index in [2.05, 4.69) is 0 Å². The van der Waals surface area contributed by atoms with Gasteiger partial charge in [0.1, 0.15) is 5.76 Å². The third kappa shape index (κ3) is 1.81. The van der Waals surface area contributed by atoms with Crippen molar-refractivity contribution in [2.75, 3.05) is 6.54 Å². The van der Waals surface area contributed by atoms with Gasteiger partial charge in [0.05, 0.1) is 5.54 Å². The van der Waals surface area contributed by atoms with Gasteiger partial charge in [0.15, 0.2) is 5.78 Å². The molecule has 0 bridgehead atoms. The van der Waals surface area contributed by atoms with Crippen molar-refractivity contribution < 1.29 is 17.6 Å². The van der Waals surface area contributed by atoms with Crippen molar-refractivity contribution in [3.8, 4) is 0 Å². The molecule has 1 fully saturated rings. The Morgan fingerprint density at radius 2 is 2.00 bits per heavy atom. The largest absolute Gasteiger partial charge is 0.449 e. The molecule has 17 heavy (non-hydrogen) atoms. The molecule has 6 heteroatoms. The summed E-state index contributed by atoms with van der Waals surface area (Å²) in [4.78, 5) is 11.7. The number of hydrogen-bond donors (Lipinski definition) is 0. The Labute approximate surface area is 100 Å². The SMILES string of the molecule is Cc1ccc(S(=O)(=O)N2CCC(=O)C2(C)C)o1. The van der Waals surface area contributed by atoms with E-state index in [1.54, 1.807) is 26.8 Å². The van der Waals surface area contributed by atoms with Gasteiger partial charge in [-0.05, 0) is 32.9 Å². The molecule has 0 spiro atoms. The summed E-state index contributed by atoms with van der Waals surface area (Å²) in [5, 5.41) is -0.0993. The Balaban J connectivity index is 2.44. The highest BCUT2D eigenvalue weighted by atomic mass is 32.2. The number of rotatable bonds is 2. The molecule has 2 heterocycles. The molecule has 0 N–H and O–H groups in total. The first-order valence-corrected chi connectivity index (χ1v) is 6.83. The monoisotopic (exact) mass is 257 g/mol. The fourth-order valence-electron chi connectivity index (χ4n) is 2.01. The van der Waals surface area contributed by atoms with Crippen LogP contribution < -0.4 is 0 Å². The number of furan rings is 1. The first kappa shape index (κ1) is 12.3. The van der Waals surface area contributed by atoms with E-state index in [-0.39, 0.29) is 23.8 Å². The molecule has 1 aliphatic rings. The van der Waals surface area contributed by atoms with Gasteiger partial charge < -0.3 is 4.42 Å². The Bertz CT molecular complexity index is 556. The number of nitrogens with zero attached hydrogens (tertiary/aromatic N) is 1. The van der Waals surface area contributed by atoms with Crippen molar-refractivity contribution in [3.05, 3.63) is 17.9 Å². The van der Waals surface area contributed by atoms with Gasteiger partial charge >= 0.3 is 0 Å². The Kier molecular flexibility index (Phi) is 2.67. The number of hydrogen-bond acceptors (Lipinski definition) is 4. The van der Waals surface area contributed by atoms with Gasteiger partial charge in [-0.15, -0.1) is 0 Å². The molecule has 5 nitrogen and oxygen atoms in total. The molecule has 0 atom stereocenters. The molecule has 94 valence electrons. The lowest BCUT2D eigenvalue weighted by Crippen LogP contribution is -2.46. The smallest absolute Gasteiger partial charge is 0.277 e. The normalized spacial score (nSPS) is 21.0. The van der Waals surface area contributed by atoms with Crippen LogP contribution in [0.1, 0.15) is 26.0 Å². The second kappa shape index (κ2) is 3.68. The molecule has 0 unspecified atom stereocenters. The predicted molar refractivity (Wildman–Crippen MR) is 61.0 cm³/mol. The minimum atomic E-state index is -3.71. The molecule has 0 radical (unpaired) electrons. The van der Waals surface area contributed by atoms with E-state index < -0.39 is 15.6 Å². The van der Waals surface area contributed by atoms with Crippen LogP contribution >= 0.6 is 0 Å². The maximum absolute atomic E-state index is 12.3. The lowest BCUT2D eigenvalue weighted by atomic mass is 10.0. The number of Topliss-reactive ketones (excluding diaryl/α,β-unsaturated/α-hetero) is 1. The Morgan fingerprint density at radius 1 is 1.35 bits per heavy atom. The van der Waals surface area contributed by atoms with E-state index >= 15 is 0 Å². The molecule has 1 saturated heterocycles. The van der Waals surface area contributed by atoms with E-state index in [9.17, 15) is 13.2 Å². The van der Waals surface area contributed by atoms with Crippen LogP contribution in [0, 0.1) is 6.92 Å². The van der Waals surface area contributed by atoms with Crippen LogP contribution in [0.4, 0.5) is 0 Å². The second-order valence-electron chi connectivity index (χ2n) is 4.67. The van der Waals surface area contributed by atoms with Crippen LogP contribution in [0.3, 0.4) is 0 Å². The van der Waals surface area contributed by atoms with E-state index in [1.807, 2.05) is 0 Å². The summed E-state index contributed by atoms with van der Waals surface area (Å²) in [6, 6.07) is 3.02. The van der Waals surface area contributed by atoms with Crippen LogP contribution in [0.5, 0.6) is 0 Å². The van der Waals surface area contributed by atoms with E-state index in [0.29, 0.717) is 5.76 Å². The maximum atomic E-state index is 12.3. The van der Waals surface area contributed by atoms with Crippen molar-refractivity contribution in [1.82, 2.24) is 4.31 Å². The van der Waals surface area contributed by atoms with Crippen LogP contribution in [0.15, 0.2) is 21.6 Å². The third-order valence-electron chi connectivity index (χ3n) is 3.11. The molecule has 1 aromatic heterocycles. The highest BCUT2D eigenvalue weighted by Gasteiger charge is 2.47. The van der Waals surface area contributed by atoms with Crippen molar-refractivity contribution in [1.29, 1.82) is 0 Å².